The van der Waals surface area contributed by atoms with Crippen molar-refractivity contribution in [3.63, 3.8) is 0 Å². The van der Waals surface area contributed by atoms with E-state index in [9.17, 15) is 14.3 Å². The minimum absolute atomic E-state index is 0.303. The highest BCUT2D eigenvalue weighted by atomic mass is 32.2. The third-order valence-electron chi connectivity index (χ3n) is 5.61. The van der Waals surface area contributed by atoms with Crippen LogP contribution in [0, 0.1) is 16.7 Å². The van der Waals surface area contributed by atoms with Gasteiger partial charge in [0.25, 0.3) is 0 Å². The van der Waals surface area contributed by atoms with Gasteiger partial charge in [-0.05, 0) is 72.4 Å². The van der Waals surface area contributed by atoms with E-state index in [0.717, 1.165) is 23.3 Å². The van der Waals surface area contributed by atoms with Crippen LogP contribution in [-0.2, 0) is 22.1 Å². The number of nitriles is 1. The summed E-state index contributed by atoms with van der Waals surface area (Å²) in [7, 11) is -1.43. The number of piperidine rings is 1. The fraction of sp³-hybridized carbons (Fsp3) is 0.609. The molecule has 162 valence electrons. The maximum Gasteiger partial charge on any atom is 0.410 e. The Bertz CT molecular complexity index is 940. The van der Waals surface area contributed by atoms with Gasteiger partial charge in [0, 0.05) is 24.1 Å². The highest BCUT2D eigenvalue weighted by molar-refractivity contribution is 7.85. The second-order valence-electron chi connectivity index (χ2n) is 10.2. The summed E-state index contributed by atoms with van der Waals surface area (Å²) in [6.07, 6.45) is 1.85. The van der Waals surface area contributed by atoms with Crippen LogP contribution >= 0.6 is 0 Å². The molecule has 1 fully saturated rings. The van der Waals surface area contributed by atoms with Crippen LogP contribution in [0.25, 0.3) is 0 Å². The Kier molecular flexibility index (Phi) is 5.85. The van der Waals surface area contributed by atoms with Crippen molar-refractivity contribution >= 4 is 22.8 Å². The van der Waals surface area contributed by atoms with E-state index in [-0.39, 0.29) is 11.5 Å². The number of hydrogen-bond acceptors (Lipinski definition) is 4. The van der Waals surface area contributed by atoms with Crippen molar-refractivity contribution < 1.29 is 13.7 Å². The van der Waals surface area contributed by atoms with Gasteiger partial charge >= 0.3 is 6.09 Å². The van der Waals surface area contributed by atoms with E-state index in [4.69, 9.17) is 9.13 Å². The van der Waals surface area contributed by atoms with E-state index in [1.165, 1.54) is 0 Å². The molecule has 6 nitrogen and oxygen atoms in total. The van der Waals surface area contributed by atoms with E-state index in [1.54, 1.807) is 11.0 Å². The fourth-order valence-electron chi connectivity index (χ4n) is 4.05. The number of benzene rings is 1. The molecule has 0 radical (unpaired) electrons. The minimum Gasteiger partial charge on any atom is -0.444 e. The second-order valence-corrected chi connectivity index (χ2v) is 12.1. The second kappa shape index (κ2) is 7.81. The van der Waals surface area contributed by atoms with Crippen molar-refractivity contribution in [3.8, 4) is 6.07 Å². The maximum absolute atomic E-state index is 12.9. The van der Waals surface area contributed by atoms with Crippen molar-refractivity contribution in [1.82, 2.24) is 4.90 Å². The molecule has 0 saturated carbocycles. The largest absolute Gasteiger partial charge is 0.444 e. The van der Waals surface area contributed by atoms with Crippen LogP contribution in [-0.4, -0.2) is 44.4 Å². The van der Waals surface area contributed by atoms with Gasteiger partial charge in [0.05, 0.1) is 22.1 Å². The summed E-state index contributed by atoms with van der Waals surface area (Å²) < 4.78 is 22.7. The van der Waals surface area contributed by atoms with E-state index >= 15 is 0 Å². The number of carbonyl (C=O) groups excluding carboxylic acids is 1. The first-order valence-corrected chi connectivity index (χ1v) is 11.5. The van der Waals surface area contributed by atoms with E-state index < -0.39 is 21.3 Å². The van der Waals surface area contributed by atoms with Crippen LogP contribution < -0.4 is 0 Å². The Balaban J connectivity index is 1.95. The van der Waals surface area contributed by atoms with Gasteiger partial charge in [0.2, 0.25) is 0 Å². The van der Waals surface area contributed by atoms with Crippen LogP contribution in [0.15, 0.2) is 22.6 Å². The van der Waals surface area contributed by atoms with Crippen molar-refractivity contribution in [2.24, 2.45) is 9.81 Å². The molecule has 0 aromatic heterocycles. The molecule has 30 heavy (non-hydrogen) atoms. The molecule has 1 aliphatic carbocycles. The highest BCUT2D eigenvalue weighted by Crippen LogP contribution is 2.46. The lowest BCUT2D eigenvalue weighted by Gasteiger charge is -2.40. The van der Waals surface area contributed by atoms with Gasteiger partial charge < -0.3 is 9.64 Å². The molecular formula is C23H31N3O3S. The maximum atomic E-state index is 12.9. The molecule has 1 heterocycles. The Labute approximate surface area is 181 Å². The highest BCUT2D eigenvalue weighted by Gasteiger charge is 2.48. The third-order valence-corrected chi connectivity index (χ3v) is 7.01. The molecule has 1 spiro atoms. The molecule has 1 amide bonds. The van der Waals surface area contributed by atoms with E-state index in [1.807, 2.05) is 53.7 Å². The molecule has 0 unspecified atom stereocenters. The van der Waals surface area contributed by atoms with Crippen molar-refractivity contribution in [3.05, 3.63) is 34.9 Å². The van der Waals surface area contributed by atoms with Crippen molar-refractivity contribution in [1.29, 1.82) is 5.26 Å². The lowest BCUT2D eigenvalue weighted by atomic mass is 9.74. The van der Waals surface area contributed by atoms with Crippen LogP contribution in [0.1, 0.15) is 71.1 Å². The summed E-state index contributed by atoms with van der Waals surface area (Å²) in [6, 6.07) is 8.00. The molecule has 0 bridgehead atoms. The molecular weight excluding hydrogens is 398 g/mol. The molecule has 2 aliphatic rings. The normalized spacial score (nSPS) is 20.7. The monoisotopic (exact) mass is 429 g/mol. The Hall–Kier alpha value is -2.20. The molecule has 1 aromatic carbocycles. The number of nitrogens with zero attached hydrogens (tertiary/aromatic N) is 3. The number of amides is 1. The van der Waals surface area contributed by atoms with Crippen molar-refractivity contribution in [2.45, 2.75) is 71.2 Å². The van der Waals surface area contributed by atoms with Gasteiger partial charge in [-0.1, -0.05) is 12.1 Å². The first-order valence-electron chi connectivity index (χ1n) is 10.4. The summed E-state index contributed by atoms with van der Waals surface area (Å²) in [5.74, 6) is 0. The summed E-state index contributed by atoms with van der Waals surface area (Å²) >= 11 is 0. The molecule has 1 atom stereocenters. The molecule has 3 rings (SSSR count). The van der Waals surface area contributed by atoms with E-state index in [2.05, 4.69) is 6.07 Å². The smallest absolute Gasteiger partial charge is 0.410 e. The zero-order valence-electron chi connectivity index (χ0n) is 18.7. The van der Waals surface area contributed by atoms with Gasteiger partial charge in [0.15, 0.2) is 0 Å². The number of hydrogen-bond donors (Lipinski definition) is 0. The Morgan fingerprint density at radius 2 is 1.83 bits per heavy atom. The Morgan fingerprint density at radius 3 is 2.37 bits per heavy atom. The minimum atomic E-state index is -1.43. The lowest BCUT2D eigenvalue weighted by Crippen LogP contribution is -2.47. The molecule has 0 N–H and O–H groups in total. The van der Waals surface area contributed by atoms with Crippen LogP contribution in [0.2, 0.25) is 0 Å². The van der Waals surface area contributed by atoms with E-state index in [0.29, 0.717) is 31.5 Å². The number of rotatable bonds is 1. The summed E-state index contributed by atoms with van der Waals surface area (Å²) in [6.45, 7) is 12.4. The van der Waals surface area contributed by atoms with Crippen LogP contribution in [0.5, 0.6) is 0 Å². The molecule has 1 aromatic rings. The Morgan fingerprint density at radius 1 is 1.20 bits per heavy atom. The van der Waals surface area contributed by atoms with Gasteiger partial charge in [-0.25, -0.2) is 9.00 Å². The summed E-state index contributed by atoms with van der Waals surface area (Å²) in [5, 5.41) is 9.67. The van der Waals surface area contributed by atoms with Crippen molar-refractivity contribution in [2.75, 3.05) is 13.1 Å². The number of likely N-dealkylation sites (tertiary alicyclic amines) is 1. The number of fused-ring (bicyclic) bond motifs is 1. The number of carbonyl (C=O) groups is 1. The predicted molar refractivity (Wildman–Crippen MR) is 119 cm³/mol. The SMILES string of the molecule is CC(C)(C)OC(=O)N1CCC2(CC1)Cc1cccc(C#N)c1/C2=N\[S@](=O)C(C)(C)C. The van der Waals surface area contributed by atoms with Crippen LogP contribution in [0.4, 0.5) is 4.79 Å². The molecule has 1 saturated heterocycles. The number of ether oxygens (including phenoxy) is 1. The zero-order valence-corrected chi connectivity index (χ0v) is 19.6. The standard InChI is InChI=1S/C23H31N3O3S/c1-21(2,3)29-20(27)26-12-10-23(11-13-26)14-16-8-7-9-17(15-24)18(16)19(23)25-30(28)22(4,5)6/h7-9H,10-14H2,1-6H3/b25-19+/t30-/m1/s1. The first-order chi connectivity index (χ1) is 13.9. The summed E-state index contributed by atoms with van der Waals surface area (Å²) in [4.78, 5) is 14.2. The average Bonchev–Trinajstić information content (AvgIpc) is 2.93. The predicted octanol–water partition coefficient (Wildman–Crippen LogP) is 4.38. The quantitative estimate of drug-likeness (QED) is 0.663. The van der Waals surface area contributed by atoms with Gasteiger partial charge in [-0.2, -0.15) is 9.66 Å². The average molecular weight is 430 g/mol. The fourth-order valence-corrected chi connectivity index (χ4v) is 4.78. The zero-order chi connectivity index (χ0) is 22.3. The lowest BCUT2D eigenvalue weighted by molar-refractivity contribution is 0.0159. The van der Waals surface area contributed by atoms with Gasteiger partial charge in [-0.15, -0.1) is 0 Å². The summed E-state index contributed by atoms with van der Waals surface area (Å²) in [5.41, 5.74) is 2.41. The first kappa shape index (κ1) is 22.5. The van der Waals surface area contributed by atoms with Crippen LogP contribution in [0.3, 0.4) is 0 Å². The third kappa shape index (κ3) is 4.44. The van der Waals surface area contributed by atoms with Gasteiger partial charge in [-0.3, -0.25) is 0 Å². The molecule has 7 heteroatoms. The molecule has 1 aliphatic heterocycles. The van der Waals surface area contributed by atoms with Gasteiger partial charge in [0.1, 0.15) is 16.6 Å². The topological polar surface area (TPSA) is 82.8 Å².